The van der Waals surface area contributed by atoms with Crippen LogP contribution in [0.15, 0.2) is 18.2 Å². The second-order valence-electron chi connectivity index (χ2n) is 4.47. The van der Waals surface area contributed by atoms with E-state index >= 15 is 0 Å². The Morgan fingerprint density at radius 3 is 2.90 bits per heavy atom. The first-order chi connectivity index (χ1) is 9.51. The van der Waals surface area contributed by atoms with Crippen LogP contribution < -0.4 is 10.1 Å². The molecule has 7 heteroatoms. The summed E-state index contributed by atoms with van der Waals surface area (Å²) in [5, 5.41) is 20.6. The smallest absolute Gasteiger partial charge is 0.326 e. The Bertz CT molecular complexity index is 533. The lowest BCUT2D eigenvalue weighted by atomic mass is 10.1. The summed E-state index contributed by atoms with van der Waals surface area (Å²) in [7, 11) is 0. The van der Waals surface area contributed by atoms with Crippen molar-refractivity contribution in [2.75, 3.05) is 6.61 Å². The SMILES string of the molecule is O=C(O)C(CCO)NC(=O)C1Cc2cc(Cl)ccc2O1. The monoisotopic (exact) mass is 299 g/mol. The maximum Gasteiger partial charge on any atom is 0.326 e. The van der Waals surface area contributed by atoms with Crippen LogP contribution in [-0.2, 0) is 16.0 Å². The van der Waals surface area contributed by atoms with Gasteiger partial charge in [0.25, 0.3) is 5.91 Å². The highest BCUT2D eigenvalue weighted by molar-refractivity contribution is 6.30. The molecule has 1 heterocycles. The van der Waals surface area contributed by atoms with Gasteiger partial charge < -0.3 is 20.3 Å². The number of nitrogens with one attached hydrogen (secondary N) is 1. The number of aliphatic carboxylic acids is 1. The molecule has 2 rings (SSSR count). The van der Waals surface area contributed by atoms with Crippen molar-refractivity contribution in [1.82, 2.24) is 5.32 Å². The molecule has 0 saturated carbocycles. The second-order valence-corrected chi connectivity index (χ2v) is 4.91. The Balaban J connectivity index is 2.00. The van der Waals surface area contributed by atoms with Gasteiger partial charge in [0.2, 0.25) is 0 Å². The molecule has 1 amide bonds. The maximum atomic E-state index is 12.0. The molecule has 20 heavy (non-hydrogen) atoms. The van der Waals surface area contributed by atoms with Gasteiger partial charge in [0.15, 0.2) is 6.10 Å². The predicted molar refractivity (Wildman–Crippen MR) is 70.8 cm³/mol. The van der Waals surface area contributed by atoms with Crippen molar-refractivity contribution in [3.8, 4) is 5.75 Å². The van der Waals surface area contributed by atoms with Crippen molar-refractivity contribution in [2.45, 2.75) is 25.0 Å². The van der Waals surface area contributed by atoms with Crippen molar-refractivity contribution < 1.29 is 24.5 Å². The summed E-state index contributed by atoms with van der Waals surface area (Å²) in [5.41, 5.74) is 0.812. The maximum absolute atomic E-state index is 12.0. The molecule has 2 unspecified atom stereocenters. The van der Waals surface area contributed by atoms with Gasteiger partial charge in [-0.3, -0.25) is 4.79 Å². The summed E-state index contributed by atoms with van der Waals surface area (Å²) in [6.07, 6.45) is -0.483. The number of carboxylic acids is 1. The lowest BCUT2D eigenvalue weighted by molar-refractivity contribution is -0.143. The topological polar surface area (TPSA) is 95.9 Å². The fourth-order valence-electron chi connectivity index (χ4n) is 2.01. The Morgan fingerprint density at radius 1 is 1.50 bits per heavy atom. The molecule has 1 aliphatic rings. The lowest BCUT2D eigenvalue weighted by Gasteiger charge is -2.16. The average molecular weight is 300 g/mol. The van der Waals surface area contributed by atoms with Crippen molar-refractivity contribution in [3.05, 3.63) is 28.8 Å². The van der Waals surface area contributed by atoms with Gasteiger partial charge in [-0.2, -0.15) is 0 Å². The first-order valence-electron chi connectivity index (χ1n) is 6.10. The molecule has 0 fully saturated rings. The van der Waals surface area contributed by atoms with Crippen LogP contribution in [0.5, 0.6) is 5.75 Å². The fraction of sp³-hybridized carbons (Fsp3) is 0.385. The van der Waals surface area contributed by atoms with E-state index < -0.39 is 24.0 Å². The van der Waals surface area contributed by atoms with Crippen molar-refractivity contribution >= 4 is 23.5 Å². The summed E-state index contributed by atoms with van der Waals surface area (Å²) in [6.45, 7) is -0.321. The molecule has 1 aromatic carbocycles. The Labute approximate surface area is 120 Å². The first kappa shape index (κ1) is 14.6. The van der Waals surface area contributed by atoms with Gasteiger partial charge in [0, 0.05) is 24.5 Å². The quantitative estimate of drug-likeness (QED) is 0.740. The van der Waals surface area contributed by atoms with Crippen molar-refractivity contribution in [2.24, 2.45) is 0 Å². The summed E-state index contributed by atoms with van der Waals surface area (Å²) in [4.78, 5) is 22.9. The molecular formula is C13H14ClNO5. The van der Waals surface area contributed by atoms with Crippen LogP contribution in [-0.4, -0.2) is 40.8 Å². The minimum atomic E-state index is -1.19. The van der Waals surface area contributed by atoms with Gasteiger partial charge in [-0.05, 0) is 23.8 Å². The molecule has 0 aromatic heterocycles. The predicted octanol–water partition coefficient (Wildman–Crippen LogP) is 0.595. The van der Waals surface area contributed by atoms with Gasteiger partial charge >= 0.3 is 5.97 Å². The zero-order chi connectivity index (χ0) is 14.7. The largest absolute Gasteiger partial charge is 0.480 e. The highest BCUT2D eigenvalue weighted by Crippen LogP contribution is 2.31. The number of halogens is 1. The number of hydrogen-bond acceptors (Lipinski definition) is 4. The minimum absolute atomic E-state index is 0.0490. The molecule has 0 aliphatic carbocycles. The number of fused-ring (bicyclic) bond motifs is 1. The summed E-state index contributed by atoms with van der Waals surface area (Å²) < 4.78 is 5.46. The molecule has 1 aliphatic heterocycles. The van der Waals surface area contributed by atoms with Crippen molar-refractivity contribution in [3.63, 3.8) is 0 Å². The van der Waals surface area contributed by atoms with Gasteiger partial charge in [0.1, 0.15) is 11.8 Å². The van der Waals surface area contributed by atoms with E-state index in [1.807, 2.05) is 0 Å². The van der Waals surface area contributed by atoms with Crippen LogP contribution in [0.25, 0.3) is 0 Å². The Hall–Kier alpha value is -1.79. The normalized spacial score (nSPS) is 18.0. The second kappa shape index (κ2) is 6.11. The molecule has 6 nitrogen and oxygen atoms in total. The third-order valence-corrected chi connectivity index (χ3v) is 3.26. The number of carboxylic acid groups (broad SMARTS) is 1. The number of aliphatic hydroxyl groups is 1. The van der Waals surface area contributed by atoms with E-state index in [2.05, 4.69) is 5.32 Å². The Morgan fingerprint density at radius 2 is 2.25 bits per heavy atom. The van der Waals surface area contributed by atoms with Crippen LogP contribution in [0, 0.1) is 0 Å². The molecule has 2 atom stereocenters. The number of ether oxygens (including phenoxy) is 1. The van der Waals surface area contributed by atoms with Crippen LogP contribution in [0.1, 0.15) is 12.0 Å². The first-order valence-corrected chi connectivity index (χ1v) is 6.48. The number of carbonyl (C=O) groups is 2. The summed E-state index contributed by atoms with van der Waals surface area (Å²) in [5.74, 6) is -1.13. The van der Waals surface area contributed by atoms with E-state index in [0.717, 1.165) is 5.56 Å². The number of hydrogen-bond donors (Lipinski definition) is 3. The van der Waals surface area contributed by atoms with Gasteiger partial charge in [-0.15, -0.1) is 0 Å². The van der Waals surface area contributed by atoms with E-state index in [4.69, 9.17) is 26.6 Å². The number of amides is 1. The van der Waals surface area contributed by atoms with E-state index in [-0.39, 0.29) is 13.0 Å². The van der Waals surface area contributed by atoms with E-state index in [0.29, 0.717) is 17.2 Å². The molecular weight excluding hydrogens is 286 g/mol. The third-order valence-electron chi connectivity index (χ3n) is 3.02. The van der Waals surface area contributed by atoms with Gasteiger partial charge in [-0.1, -0.05) is 11.6 Å². The van der Waals surface area contributed by atoms with Gasteiger partial charge in [-0.25, -0.2) is 4.79 Å². The van der Waals surface area contributed by atoms with Crippen LogP contribution in [0.4, 0.5) is 0 Å². The fourth-order valence-corrected chi connectivity index (χ4v) is 2.21. The van der Waals surface area contributed by atoms with E-state index in [9.17, 15) is 9.59 Å². The zero-order valence-corrected chi connectivity index (χ0v) is 11.3. The highest BCUT2D eigenvalue weighted by atomic mass is 35.5. The number of aliphatic hydroxyl groups excluding tert-OH is 1. The number of rotatable bonds is 5. The van der Waals surface area contributed by atoms with Crippen LogP contribution >= 0.6 is 11.6 Å². The van der Waals surface area contributed by atoms with Crippen LogP contribution in [0.2, 0.25) is 5.02 Å². The molecule has 108 valence electrons. The summed E-state index contributed by atoms with van der Waals surface area (Å²) in [6, 6.07) is 3.93. The van der Waals surface area contributed by atoms with E-state index in [1.54, 1.807) is 18.2 Å². The molecule has 0 spiro atoms. The lowest BCUT2D eigenvalue weighted by Crippen LogP contribution is -2.47. The molecule has 3 N–H and O–H groups in total. The van der Waals surface area contributed by atoms with Crippen LogP contribution in [0.3, 0.4) is 0 Å². The summed E-state index contributed by atoms with van der Waals surface area (Å²) >= 11 is 5.86. The molecule has 0 bridgehead atoms. The van der Waals surface area contributed by atoms with Crippen molar-refractivity contribution in [1.29, 1.82) is 0 Å². The average Bonchev–Trinajstić information content (AvgIpc) is 2.80. The number of benzene rings is 1. The van der Waals surface area contributed by atoms with Gasteiger partial charge in [0.05, 0.1) is 0 Å². The van der Waals surface area contributed by atoms with E-state index in [1.165, 1.54) is 0 Å². The Kier molecular flexibility index (Phi) is 4.46. The zero-order valence-electron chi connectivity index (χ0n) is 10.5. The minimum Gasteiger partial charge on any atom is -0.480 e. The third kappa shape index (κ3) is 3.20. The molecule has 0 saturated heterocycles. The molecule has 0 radical (unpaired) electrons. The standard InChI is InChI=1S/C13H14ClNO5/c14-8-1-2-10-7(5-8)6-11(20-10)12(17)15-9(3-4-16)13(18)19/h1-2,5,9,11,16H,3-4,6H2,(H,15,17)(H,18,19). The highest BCUT2D eigenvalue weighted by Gasteiger charge is 2.31. The molecule has 1 aromatic rings. The number of carbonyl (C=O) groups excluding carboxylic acids is 1.